The SMILES string of the molecule is CCc1nc2cccc(Cl)c2c(=O)n1N1CCN(C(=O)OC(C)(C)C)C2(CC2)C1. The van der Waals surface area contributed by atoms with E-state index in [-0.39, 0.29) is 17.2 Å². The van der Waals surface area contributed by atoms with Gasteiger partial charge in [0.25, 0.3) is 5.56 Å². The predicted molar refractivity (Wildman–Crippen MR) is 113 cm³/mol. The number of halogens is 1. The van der Waals surface area contributed by atoms with Gasteiger partial charge >= 0.3 is 6.09 Å². The van der Waals surface area contributed by atoms with Gasteiger partial charge in [0.05, 0.1) is 34.6 Å². The van der Waals surface area contributed by atoms with Gasteiger partial charge in [-0.1, -0.05) is 24.6 Å². The summed E-state index contributed by atoms with van der Waals surface area (Å²) in [6, 6.07) is 5.33. The van der Waals surface area contributed by atoms with E-state index < -0.39 is 5.60 Å². The van der Waals surface area contributed by atoms with Gasteiger partial charge in [0.2, 0.25) is 0 Å². The Morgan fingerprint density at radius 2 is 2.00 bits per heavy atom. The van der Waals surface area contributed by atoms with Crippen LogP contribution in [-0.4, -0.2) is 51.4 Å². The molecule has 1 saturated carbocycles. The van der Waals surface area contributed by atoms with Crippen molar-refractivity contribution >= 4 is 28.6 Å². The summed E-state index contributed by atoms with van der Waals surface area (Å²) in [5, 5.41) is 2.86. The van der Waals surface area contributed by atoms with Crippen molar-refractivity contribution in [3.63, 3.8) is 0 Å². The first-order valence-corrected chi connectivity index (χ1v) is 10.5. The highest BCUT2D eigenvalue weighted by atomic mass is 35.5. The minimum atomic E-state index is -0.532. The van der Waals surface area contributed by atoms with Crippen LogP contribution in [0.4, 0.5) is 4.79 Å². The molecule has 1 aromatic heterocycles. The molecule has 1 saturated heterocycles. The van der Waals surface area contributed by atoms with Crippen LogP contribution in [0, 0.1) is 0 Å². The first-order chi connectivity index (χ1) is 13.6. The molecule has 1 aliphatic heterocycles. The summed E-state index contributed by atoms with van der Waals surface area (Å²) < 4.78 is 7.27. The Labute approximate surface area is 175 Å². The van der Waals surface area contributed by atoms with Crippen LogP contribution in [0.25, 0.3) is 10.9 Å². The molecular formula is C21H27ClN4O3. The fraction of sp³-hybridized carbons (Fsp3) is 0.571. The van der Waals surface area contributed by atoms with Gasteiger partial charge in [-0.2, -0.15) is 0 Å². The molecule has 2 heterocycles. The normalized spacial score (nSPS) is 18.4. The van der Waals surface area contributed by atoms with Crippen molar-refractivity contribution in [2.75, 3.05) is 24.6 Å². The molecule has 0 N–H and O–H groups in total. The lowest BCUT2D eigenvalue weighted by Crippen LogP contribution is -2.62. The average Bonchev–Trinajstić information content (AvgIpc) is 3.38. The van der Waals surface area contributed by atoms with Gasteiger partial charge in [0, 0.05) is 13.0 Å². The maximum absolute atomic E-state index is 13.4. The Bertz CT molecular complexity index is 1020. The molecule has 0 atom stereocenters. The summed E-state index contributed by atoms with van der Waals surface area (Å²) >= 11 is 6.32. The van der Waals surface area contributed by atoms with Gasteiger partial charge in [-0.25, -0.2) is 14.5 Å². The maximum atomic E-state index is 13.4. The molecule has 1 spiro atoms. The number of aryl methyl sites for hydroxylation is 1. The van der Waals surface area contributed by atoms with Gasteiger partial charge in [0.15, 0.2) is 0 Å². The number of aromatic nitrogens is 2. The maximum Gasteiger partial charge on any atom is 0.410 e. The molecule has 1 aromatic carbocycles. The minimum absolute atomic E-state index is 0.154. The number of amides is 1. The lowest BCUT2D eigenvalue weighted by Gasteiger charge is -2.43. The van der Waals surface area contributed by atoms with Crippen molar-refractivity contribution in [2.24, 2.45) is 0 Å². The van der Waals surface area contributed by atoms with Crippen LogP contribution in [0.5, 0.6) is 0 Å². The van der Waals surface area contributed by atoms with E-state index in [0.717, 1.165) is 12.8 Å². The average molecular weight is 419 g/mol. The Kier molecular flexibility index (Phi) is 4.76. The smallest absolute Gasteiger partial charge is 0.410 e. The van der Waals surface area contributed by atoms with Crippen LogP contribution >= 0.6 is 11.6 Å². The number of ether oxygens (including phenoxy) is 1. The van der Waals surface area contributed by atoms with Gasteiger partial charge in [-0.3, -0.25) is 9.69 Å². The lowest BCUT2D eigenvalue weighted by atomic mass is 10.1. The van der Waals surface area contributed by atoms with Crippen LogP contribution in [0.2, 0.25) is 5.02 Å². The van der Waals surface area contributed by atoms with Gasteiger partial charge in [-0.15, -0.1) is 0 Å². The molecular weight excluding hydrogens is 392 g/mol. The van der Waals surface area contributed by atoms with E-state index in [2.05, 4.69) is 0 Å². The second-order valence-corrected chi connectivity index (χ2v) is 9.28. The Balaban J connectivity index is 1.69. The van der Waals surface area contributed by atoms with E-state index in [1.165, 1.54) is 0 Å². The van der Waals surface area contributed by atoms with Gasteiger partial charge in [-0.05, 0) is 45.7 Å². The summed E-state index contributed by atoms with van der Waals surface area (Å²) in [5.41, 5.74) is -0.348. The number of nitrogens with zero attached hydrogens (tertiary/aromatic N) is 4. The van der Waals surface area contributed by atoms with Crippen LogP contribution < -0.4 is 10.6 Å². The van der Waals surface area contributed by atoms with E-state index in [0.29, 0.717) is 47.8 Å². The van der Waals surface area contributed by atoms with E-state index in [4.69, 9.17) is 21.3 Å². The molecule has 1 aliphatic carbocycles. The number of carbonyl (C=O) groups excluding carboxylic acids is 1. The molecule has 2 aliphatic rings. The zero-order valence-corrected chi connectivity index (χ0v) is 18.1. The molecule has 2 aromatic rings. The molecule has 1 amide bonds. The van der Waals surface area contributed by atoms with E-state index in [1.807, 2.05) is 43.7 Å². The Hall–Kier alpha value is -2.28. The number of carbonyl (C=O) groups is 1. The third kappa shape index (κ3) is 3.56. The fourth-order valence-electron chi connectivity index (χ4n) is 4.05. The van der Waals surface area contributed by atoms with Crippen molar-refractivity contribution in [2.45, 2.75) is 58.1 Å². The van der Waals surface area contributed by atoms with Crippen LogP contribution in [0.1, 0.15) is 46.4 Å². The van der Waals surface area contributed by atoms with Crippen molar-refractivity contribution in [1.82, 2.24) is 14.6 Å². The number of benzene rings is 1. The molecule has 0 radical (unpaired) electrons. The van der Waals surface area contributed by atoms with Gasteiger partial charge in [0.1, 0.15) is 11.4 Å². The third-order valence-electron chi connectivity index (χ3n) is 5.56. The number of hydrogen-bond donors (Lipinski definition) is 0. The molecule has 156 valence electrons. The fourth-order valence-corrected chi connectivity index (χ4v) is 4.30. The monoisotopic (exact) mass is 418 g/mol. The molecule has 4 rings (SSSR count). The quantitative estimate of drug-likeness (QED) is 0.748. The first kappa shape index (κ1) is 20.0. The van der Waals surface area contributed by atoms with Gasteiger partial charge < -0.3 is 9.75 Å². The zero-order valence-electron chi connectivity index (χ0n) is 17.4. The number of hydrogen-bond acceptors (Lipinski definition) is 5. The highest BCUT2D eigenvalue weighted by Crippen LogP contribution is 2.44. The molecule has 7 nitrogen and oxygen atoms in total. The summed E-state index contributed by atoms with van der Waals surface area (Å²) in [5.74, 6) is 0.700. The standard InChI is InChI=1S/C21H27ClN4O3/c1-5-16-23-15-8-6-7-14(22)17(15)18(27)26(16)24-11-12-25(21(13-24)9-10-21)19(28)29-20(2,3)4/h6-8H,5,9-13H2,1-4H3. The van der Waals surface area contributed by atoms with Crippen molar-refractivity contribution in [3.05, 3.63) is 39.4 Å². The highest BCUT2D eigenvalue weighted by molar-refractivity contribution is 6.35. The van der Waals surface area contributed by atoms with Crippen LogP contribution in [0.3, 0.4) is 0 Å². The summed E-state index contributed by atoms with van der Waals surface area (Å²) in [7, 11) is 0. The van der Waals surface area contributed by atoms with Crippen molar-refractivity contribution in [1.29, 1.82) is 0 Å². The summed E-state index contributed by atoms with van der Waals surface area (Å²) in [6.45, 7) is 9.22. The number of fused-ring (bicyclic) bond motifs is 1. The van der Waals surface area contributed by atoms with Crippen LogP contribution in [0.15, 0.2) is 23.0 Å². The highest BCUT2D eigenvalue weighted by Gasteiger charge is 2.54. The largest absolute Gasteiger partial charge is 0.444 e. The topological polar surface area (TPSA) is 67.7 Å². The second-order valence-electron chi connectivity index (χ2n) is 8.88. The summed E-state index contributed by atoms with van der Waals surface area (Å²) in [4.78, 5) is 32.6. The summed E-state index contributed by atoms with van der Waals surface area (Å²) in [6.07, 6.45) is 2.15. The molecule has 29 heavy (non-hydrogen) atoms. The van der Waals surface area contributed by atoms with E-state index in [9.17, 15) is 9.59 Å². The predicted octanol–water partition coefficient (Wildman–Crippen LogP) is 3.33. The lowest BCUT2D eigenvalue weighted by molar-refractivity contribution is 0.00895. The first-order valence-electron chi connectivity index (χ1n) is 10.1. The molecule has 0 bridgehead atoms. The Morgan fingerprint density at radius 3 is 2.62 bits per heavy atom. The van der Waals surface area contributed by atoms with Crippen molar-refractivity contribution < 1.29 is 9.53 Å². The Morgan fingerprint density at radius 1 is 1.28 bits per heavy atom. The second kappa shape index (κ2) is 6.90. The number of piperazine rings is 1. The molecule has 8 heteroatoms. The van der Waals surface area contributed by atoms with Crippen molar-refractivity contribution in [3.8, 4) is 0 Å². The third-order valence-corrected chi connectivity index (χ3v) is 5.88. The number of rotatable bonds is 2. The zero-order chi connectivity index (χ0) is 21.0. The van der Waals surface area contributed by atoms with Crippen LogP contribution in [-0.2, 0) is 11.2 Å². The van der Waals surface area contributed by atoms with E-state index >= 15 is 0 Å². The minimum Gasteiger partial charge on any atom is -0.444 e. The molecule has 2 fully saturated rings. The molecule has 0 unspecified atom stereocenters. The van der Waals surface area contributed by atoms with E-state index in [1.54, 1.807) is 16.8 Å².